The molecule has 0 spiro atoms. The molecule has 3 aromatic rings. The first-order valence-electron chi connectivity index (χ1n) is 13.2. The fourth-order valence-corrected chi connectivity index (χ4v) is 5.69. The van der Waals surface area contributed by atoms with Crippen LogP contribution in [0.1, 0.15) is 59.2 Å². The second kappa shape index (κ2) is 9.93. The number of nitriles is 1. The van der Waals surface area contributed by atoms with Gasteiger partial charge in [0.1, 0.15) is 12.1 Å². The van der Waals surface area contributed by atoms with E-state index < -0.39 is 17.5 Å². The van der Waals surface area contributed by atoms with Gasteiger partial charge in [-0.3, -0.25) is 24.7 Å². The van der Waals surface area contributed by atoms with Gasteiger partial charge in [-0.2, -0.15) is 5.26 Å². The Morgan fingerprint density at radius 3 is 2.55 bits per heavy atom. The number of benzene rings is 2. The minimum absolute atomic E-state index is 0.194. The van der Waals surface area contributed by atoms with Gasteiger partial charge in [0.05, 0.1) is 11.1 Å². The Labute approximate surface area is 230 Å². The molecule has 200 valence electrons. The molecular weight excluding hydrogens is 508 g/mol. The fraction of sp³-hybridized carbons (Fsp3) is 0.267. The van der Waals surface area contributed by atoms with Crippen LogP contribution < -0.4 is 16.0 Å². The predicted molar refractivity (Wildman–Crippen MR) is 145 cm³/mol. The van der Waals surface area contributed by atoms with Crippen LogP contribution in [0.25, 0.3) is 11.1 Å². The van der Waals surface area contributed by atoms with Crippen molar-refractivity contribution in [3.8, 4) is 17.2 Å². The Hall–Kier alpha value is -5.04. The third-order valence-electron chi connectivity index (χ3n) is 7.98. The molecule has 6 rings (SSSR count). The number of urea groups is 1. The minimum Gasteiger partial charge on any atom is -0.328 e. The highest BCUT2D eigenvalue weighted by Crippen LogP contribution is 2.42. The van der Waals surface area contributed by atoms with E-state index in [9.17, 15) is 19.2 Å². The average Bonchev–Trinajstić information content (AvgIpc) is 3.26. The van der Waals surface area contributed by atoms with Crippen molar-refractivity contribution in [2.75, 3.05) is 5.32 Å². The van der Waals surface area contributed by atoms with Crippen LogP contribution in [0.4, 0.5) is 10.5 Å². The number of hydrogen-bond acceptors (Lipinski definition) is 6. The number of aromatic nitrogens is 1. The number of imide groups is 1. The molecular formula is C30H26N6O4. The van der Waals surface area contributed by atoms with Crippen LogP contribution in [0, 0.1) is 11.3 Å². The molecule has 3 aliphatic rings. The lowest BCUT2D eigenvalue weighted by Crippen LogP contribution is -2.52. The highest BCUT2D eigenvalue weighted by atomic mass is 16.2. The number of carbonyl (C=O) groups is 4. The molecule has 0 radical (unpaired) electrons. The smallest absolute Gasteiger partial charge is 0.319 e. The Bertz CT molecular complexity index is 1590. The van der Waals surface area contributed by atoms with E-state index in [0.29, 0.717) is 23.2 Å². The molecule has 1 aliphatic carbocycles. The molecule has 3 N–H and O–H groups in total. The maximum atomic E-state index is 13.1. The Morgan fingerprint density at radius 2 is 1.85 bits per heavy atom. The summed E-state index contributed by atoms with van der Waals surface area (Å²) in [7, 11) is 0. The topological polar surface area (TPSA) is 144 Å². The standard InChI is InChI=1S/C30H26N6O4/c31-14-18-12-20(16-32-15-18)19-2-4-22(5-3-19)30(10-1-11-30)35-29(40)33-23-6-7-24-21(13-23)17-36(28(24)39)25-8-9-26(37)34-27(25)38/h2-7,12-13,15-16,25H,1,8-11,17H2,(H2,33,35,40)(H,34,37,38). The van der Waals surface area contributed by atoms with Crippen LogP contribution in [0.15, 0.2) is 60.9 Å². The van der Waals surface area contributed by atoms with Gasteiger partial charge in [0.2, 0.25) is 11.8 Å². The van der Waals surface area contributed by atoms with E-state index in [1.807, 2.05) is 24.3 Å². The zero-order valence-electron chi connectivity index (χ0n) is 21.6. The van der Waals surface area contributed by atoms with Crippen molar-refractivity contribution in [2.24, 2.45) is 0 Å². The Kier molecular flexibility index (Phi) is 6.27. The van der Waals surface area contributed by atoms with E-state index in [1.165, 1.54) is 11.1 Å². The monoisotopic (exact) mass is 534 g/mol. The quantitative estimate of drug-likeness (QED) is 0.427. The van der Waals surface area contributed by atoms with Crippen LogP contribution in [0.2, 0.25) is 0 Å². The maximum absolute atomic E-state index is 13.1. The van der Waals surface area contributed by atoms with Gasteiger partial charge in [0.15, 0.2) is 0 Å². The Morgan fingerprint density at radius 1 is 1.05 bits per heavy atom. The lowest BCUT2D eigenvalue weighted by Gasteiger charge is -2.43. The number of carbonyl (C=O) groups excluding carboxylic acids is 4. The number of hydrogen-bond donors (Lipinski definition) is 3. The van der Waals surface area contributed by atoms with Crippen molar-refractivity contribution >= 4 is 29.4 Å². The van der Waals surface area contributed by atoms with Crippen molar-refractivity contribution in [2.45, 2.75) is 50.2 Å². The molecule has 2 aromatic carbocycles. The number of fused-ring (bicyclic) bond motifs is 1. The second-order valence-corrected chi connectivity index (χ2v) is 10.4. The molecule has 1 saturated heterocycles. The predicted octanol–water partition coefficient (Wildman–Crippen LogP) is 3.58. The highest BCUT2D eigenvalue weighted by molar-refractivity contribution is 6.05. The summed E-state index contributed by atoms with van der Waals surface area (Å²) >= 11 is 0. The number of nitrogens with zero attached hydrogens (tertiary/aromatic N) is 3. The molecule has 10 nitrogen and oxygen atoms in total. The molecule has 1 saturated carbocycles. The lowest BCUT2D eigenvalue weighted by molar-refractivity contribution is -0.136. The molecule has 40 heavy (non-hydrogen) atoms. The first-order chi connectivity index (χ1) is 19.3. The van der Waals surface area contributed by atoms with Gasteiger partial charge in [-0.05, 0) is 66.6 Å². The first-order valence-corrected chi connectivity index (χ1v) is 13.2. The summed E-state index contributed by atoms with van der Waals surface area (Å²) in [6, 6.07) is 15.9. The van der Waals surface area contributed by atoms with Gasteiger partial charge in [-0.25, -0.2) is 4.79 Å². The van der Waals surface area contributed by atoms with E-state index in [-0.39, 0.29) is 30.8 Å². The zero-order chi connectivity index (χ0) is 27.9. The highest BCUT2D eigenvalue weighted by Gasteiger charge is 2.41. The average molecular weight is 535 g/mol. The molecule has 2 aliphatic heterocycles. The molecule has 5 amide bonds. The fourth-order valence-electron chi connectivity index (χ4n) is 5.69. The molecule has 1 unspecified atom stereocenters. The number of piperidine rings is 1. The molecule has 2 fully saturated rings. The number of pyridine rings is 1. The van der Waals surface area contributed by atoms with Crippen molar-refractivity contribution in [1.82, 2.24) is 20.5 Å². The van der Waals surface area contributed by atoms with Crippen molar-refractivity contribution in [3.63, 3.8) is 0 Å². The Balaban J connectivity index is 1.13. The van der Waals surface area contributed by atoms with Gasteiger partial charge < -0.3 is 15.5 Å². The largest absolute Gasteiger partial charge is 0.328 e. The lowest BCUT2D eigenvalue weighted by atomic mass is 9.71. The van der Waals surface area contributed by atoms with E-state index in [4.69, 9.17) is 5.26 Å². The number of anilines is 1. The van der Waals surface area contributed by atoms with E-state index >= 15 is 0 Å². The summed E-state index contributed by atoms with van der Waals surface area (Å²) in [6.45, 7) is 0.237. The first kappa shape index (κ1) is 25.2. The van der Waals surface area contributed by atoms with E-state index in [1.54, 1.807) is 30.5 Å². The molecule has 10 heteroatoms. The number of rotatable bonds is 5. The van der Waals surface area contributed by atoms with E-state index in [2.05, 4.69) is 27.0 Å². The summed E-state index contributed by atoms with van der Waals surface area (Å²) in [5, 5.41) is 17.5. The van der Waals surface area contributed by atoms with Crippen LogP contribution in [0.5, 0.6) is 0 Å². The van der Waals surface area contributed by atoms with Crippen LogP contribution in [-0.2, 0) is 21.7 Å². The minimum atomic E-state index is -0.686. The summed E-state index contributed by atoms with van der Waals surface area (Å²) in [6.07, 6.45) is 6.35. The second-order valence-electron chi connectivity index (χ2n) is 10.4. The van der Waals surface area contributed by atoms with Gasteiger partial charge in [0.25, 0.3) is 5.91 Å². The molecule has 1 atom stereocenters. The molecule has 1 aromatic heterocycles. The summed E-state index contributed by atoms with van der Waals surface area (Å²) < 4.78 is 0. The molecule has 0 bridgehead atoms. The SMILES string of the molecule is N#Cc1cncc(-c2ccc(C3(NC(=O)Nc4ccc5c(c4)CN(C4CCC(=O)NC4=O)C5=O)CCC3)cc2)c1. The zero-order valence-corrected chi connectivity index (χ0v) is 21.6. The molecule has 3 heterocycles. The van der Waals surface area contributed by atoms with Gasteiger partial charge in [-0.1, -0.05) is 24.3 Å². The third kappa shape index (κ3) is 4.56. The van der Waals surface area contributed by atoms with Crippen LogP contribution >= 0.6 is 0 Å². The summed E-state index contributed by atoms with van der Waals surface area (Å²) in [5.41, 5.74) is 4.56. The maximum Gasteiger partial charge on any atom is 0.319 e. The van der Waals surface area contributed by atoms with Gasteiger partial charge in [0, 0.05) is 42.2 Å². The van der Waals surface area contributed by atoms with Gasteiger partial charge >= 0.3 is 6.03 Å². The number of nitrogens with one attached hydrogen (secondary N) is 3. The summed E-state index contributed by atoms with van der Waals surface area (Å²) in [5.74, 6) is -1.04. The third-order valence-corrected chi connectivity index (χ3v) is 7.98. The van der Waals surface area contributed by atoms with Gasteiger partial charge in [-0.15, -0.1) is 0 Å². The van der Waals surface area contributed by atoms with Crippen LogP contribution in [-0.4, -0.2) is 39.7 Å². The summed E-state index contributed by atoms with van der Waals surface area (Å²) in [4.78, 5) is 55.4. The van der Waals surface area contributed by atoms with Crippen molar-refractivity contribution in [3.05, 3.63) is 83.2 Å². The van der Waals surface area contributed by atoms with E-state index in [0.717, 1.165) is 41.5 Å². The van der Waals surface area contributed by atoms with Crippen molar-refractivity contribution in [1.29, 1.82) is 5.26 Å². The normalized spacial score (nSPS) is 19.2. The van der Waals surface area contributed by atoms with Crippen LogP contribution in [0.3, 0.4) is 0 Å². The van der Waals surface area contributed by atoms with Crippen molar-refractivity contribution < 1.29 is 19.2 Å². The number of amides is 5.